The number of aromatic nitrogens is 2. The van der Waals surface area contributed by atoms with Gasteiger partial charge in [-0.25, -0.2) is 4.98 Å². The van der Waals surface area contributed by atoms with Crippen molar-refractivity contribution < 1.29 is 15.0 Å². The van der Waals surface area contributed by atoms with E-state index in [-0.39, 0.29) is 17.7 Å². The second kappa shape index (κ2) is 5.37. The number of rotatable bonds is 3. The number of nitrogens with one attached hydrogen (secondary N) is 1. The Morgan fingerprint density at radius 3 is 3.10 bits per heavy atom. The Labute approximate surface area is 122 Å². The van der Waals surface area contributed by atoms with Gasteiger partial charge in [0.15, 0.2) is 0 Å². The van der Waals surface area contributed by atoms with E-state index in [2.05, 4.69) is 14.9 Å². The average Bonchev–Trinajstić information content (AvgIpc) is 2.89. The van der Waals surface area contributed by atoms with Crippen molar-refractivity contribution in [2.24, 2.45) is 5.92 Å². The Bertz CT molecular complexity index is 667. The van der Waals surface area contributed by atoms with Crippen LogP contribution in [0.3, 0.4) is 0 Å². The molecule has 1 saturated heterocycles. The molecule has 0 radical (unpaired) electrons. The largest absolute Gasteiger partial charge is 0.508 e. The van der Waals surface area contributed by atoms with Gasteiger partial charge in [0, 0.05) is 12.6 Å². The van der Waals surface area contributed by atoms with Crippen LogP contribution in [0.15, 0.2) is 18.2 Å². The Balaban J connectivity index is 1.82. The molecule has 0 bridgehead atoms. The van der Waals surface area contributed by atoms with E-state index in [0.717, 1.165) is 36.2 Å². The number of aliphatic carboxylic acids is 1. The summed E-state index contributed by atoms with van der Waals surface area (Å²) in [5.41, 5.74) is 1.60. The number of piperidine rings is 1. The molecule has 0 spiro atoms. The number of H-pyrrole nitrogens is 1. The first kappa shape index (κ1) is 13.9. The lowest BCUT2D eigenvalue weighted by Crippen LogP contribution is -2.40. The molecule has 6 nitrogen and oxygen atoms in total. The molecule has 6 heteroatoms. The molecule has 0 aliphatic carbocycles. The van der Waals surface area contributed by atoms with Crippen molar-refractivity contribution in [1.82, 2.24) is 14.9 Å². The van der Waals surface area contributed by atoms with Crippen LogP contribution >= 0.6 is 0 Å². The number of phenolic OH excluding ortho intramolecular Hbond substituents is 1. The number of imidazole rings is 1. The van der Waals surface area contributed by atoms with E-state index in [9.17, 15) is 15.0 Å². The summed E-state index contributed by atoms with van der Waals surface area (Å²) in [5.74, 6) is -0.00745. The minimum Gasteiger partial charge on any atom is -0.508 e. The van der Waals surface area contributed by atoms with Gasteiger partial charge in [-0.15, -0.1) is 0 Å². The maximum absolute atomic E-state index is 11.2. The van der Waals surface area contributed by atoms with Crippen LogP contribution in [-0.4, -0.2) is 44.1 Å². The Morgan fingerprint density at radius 1 is 1.52 bits per heavy atom. The van der Waals surface area contributed by atoms with Crippen LogP contribution in [0, 0.1) is 5.92 Å². The van der Waals surface area contributed by atoms with Crippen LogP contribution < -0.4 is 0 Å². The number of likely N-dealkylation sites (tertiary alicyclic amines) is 1. The van der Waals surface area contributed by atoms with Gasteiger partial charge < -0.3 is 15.2 Å². The molecule has 112 valence electrons. The molecule has 0 amide bonds. The van der Waals surface area contributed by atoms with Crippen molar-refractivity contribution in [2.45, 2.75) is 25.8 Å². The number of nitrogens with zero attached hydrogens (tertiary/aromatic N) is 2. The molecule has 3 N–H and O–H groups in total. The number of aromatic amines is 1. The second-order valence-electron chi connectivity index (χ2n) is 5.67. The molecule has 2 atom stereocenters. The number of phenols is 1. The maximum atomic E-state index is 11.2. The number of carboxylic acid groups (broad SMARTS) is 1. The van der Waals surface area contributed by atoms with E-state index in [4.69, 9.17) is 0 Å². The van der Waals surface area contributed by atoms with Gasteiger partial charge in [-0.1, -0.05) is 0 Å². The molecule has 1 aromatic heterocycles. The monoisotopic (exact) mass is 289 g/mol. The second-order valence-corrected chi connectivity index (χ2v) is 5.67. The van der Waals surface area contributed by atoms with Crippen molar-refractivity contribution in [1.29, 1.82) is 0 Å². The number of carbonyl (C=O) groups is 1. The smallest absolute Gasteiger partial charge is 0.307 e. The fourth-order valence-electron chi connectivity index (χ4n) is 2.95. The van der Waals surface area contributed by atoms with Crippen molar-refractivity contribution in [3.8, 4) is 5.75 Å². The fraction of sp³-hybridized carbons (Fsp3) is 0.467. The summed E-state index contributed by atoms with van der Waals surface area (Å²) >= 11 is 0. The van der Waals surface area contributed by atoms with Gasteiger partial charge in [0.1, 0.15) is 11.6 Å². The van der Waals surface area contributed by atoms with E-state index < -0.39 is 5.97 Å². The van der Waals surface area contributed by atoms with Crippen molar-refractivity contribution in [3.63, 3.8) is 0 Å². The maximum Gasteiger partial charge on any atom is 0.307 e. The average molecular weight is 289 g/mol. The molecule has 2 heterocycles. The molecule has 1 aromatic carbocycles. The molecule has 0 saturated carbocycles. The Hall–Kier alpha value is -2.08. The molecule has 1 aliphatic rings. The van der Waals surface area contributed by atoms with E-state index in [1.165, 1.54) is 0 Å². The summed E-state index contributed by atoms with van der Waals surface area (Å²) in [6, 6.07) is 5.06. The summed E-state index contributed by atoms with van der Waals surface area (Å²) in [5, 5.41) is 18.7. The first-order valence-electron chi connectivity index (χ1n) is 7.20. The quantitative estimate of drug-likeness (QED) is 0.805. The zero-order chi connectivity index (χ0) is 15.0. The summed E-state index contributed by atoms with van der Waals surface area (Å²) in [6.07, 6.45) is 1.63. The highest BCUT2D eigenvalue weighted by Crippen LogP contribution is 2.27. The van der Waals surface area contributed by atoms with Crippen molar-refractivity contribution in [2.75, 3.05) is 13.1 Å². The first-order valence-corrected chi connectivity index (χ1v) is 7.20. The van der Waals surface area contributed by atoms with E-state index in [1.54, 1.807) is 18.2 Å². The number of hydrogen-bond acceptors (Lipinski definition) is 4. The fourth-order valence-corrected chi connectivity index (χ4v) is 2.95. The van der Waals surface area contributed by atoms with E-state index in [1.807, 2.05) is 6.92 Å². The zero-order valence-electron chi connectivity index (χ0n) is 11.9. The first-order chi connectivity index (χ1) is 10.0. The molecular formula is C15H19N3O3. The van der Waals surface area contributed by atoms with Crippen molar-refractivity contribution >= 4 is 17.0 Å². The van der Waals surface area contributed by atoms with Crippen LogP contribution in [0.1, 0.15) is 31.6 Å². The summed E-state index contributed by atoms with van der Waals surface area (Å²) in [6.45, 7) is 3.47. The van der Waals surface area contributed by atoms with Gasteiger partial charge in [0.2, 0.25) is 0 Å². The number of fused-ring (bicyclic) bond motifs is 1. The highest BCUT2D eigenvalue weighted by Gasteiger charge is 2.29. The van der Waals surface area contributed by atoms with Gasteiger partial charge >= 0.3 is 5.97 Å². The molecule has 2 unspecified atom stereocenters. The topological polar surface area (TPSA) is 89.5 Å². The minimum absolute atomic E-state index is 0.0293. The highest BCUT2D eigenvalue weighted by atomic mass is 16.4. The minimum atomic E-state index is -0.721. The number of hydrogen-bond donors (Lipinski definition) is 3. The van der Waals surface area contributed by atoms with Crippen LogP contribution in [0.4, 0.5) is 0 Å². The predicted molar refractivity (Wildman–Crippen MR) is 78.1 cm³/mol. The molecule has 3 rings (SSSR count). The standard InChI is InChI=1S/C15H19N3O3/c1-9(18-6-2-3-10(8-18)15(20)21)14-16-12-5-4-11(19)7-13(12)17-14/h4-5,7,9-10,19H,2-3,6,8H2,1H3,(H,16,17)(H,20,21). The van der Waals surface area contributed by atoms with Gasteiger partial charge in [-0.3, -0.25) is 9.69 Å². The summed E-state index contributed by atoms with van der Waals surface area (Å²) < 4.78 is 0. The SMILES string of the molecule is CC(c1nc2ccc(O)cc2[nH]1)N1CCCC(C(=O)O)C1. The Morgan fingerprint density at radius 2 is 2.33 bits per heavy atom. The third-order valence-electron chi connectivity index (χ3n) is 4.23. The van der Waals surface area contributed by atoms with E-state index >= 15 is 0 Å². The summed E-state index contributed by atoms with van der Waals surface area (Å²) in [7, 11) is 0. The van der Waals surface area contributed by atoms with Crippen LogP contribution in [0.5, 0.6) is 5.75 Å². The third kappa shape index (κ3) is 2.71. The molecule has 2 aromatic rings. The lowest BCUT2D eigenvalue weighted by atomic mass is 9.97. The molecular weight excluding hydrogens is 270 g/mol. The number of carboxylic acids is 1. The number of benzene rings is 1. The molecule has 21 heavy (non-hydrogen) atoms. The van der Waals surface area contributed by atoms with Gasteiger partial charge in [0.25, 0.3) is 0 Å². The van der Waals surface area contributed by atoms with Crippen LogP contribution in [-0.2, 0) is 4.79 Å². The van der Waals surface area contributed by atoms with Crippen LogP contribution in [0.25, 0.3) is 11.0 Å². The number of aromatic hydroxyl groups is 1. The lowest BCUT2D eigenvalue weighted by Gasteiger charge is -2.34. The summed E-state index contributed by atoms with van der Waals surface area (Å²) in [4.78, 5) is 21.1. The zero-order valence-corrected chi connectivity index (χ0v) is 11.9. The Kier molecular flexibility index (Phi) is 3.55. The predicted octanol–water partition coefficient (Wildman–Crippen LogP) is 2.13. The van der Waals surface area contributed by atoms with Gasteiger partial charge in [0.05, 0.1) is 23.0 Å². The van der Waals surface area contributed by atoms with Crippen molar-refractivity contribution in [3.05, 3.63) is 24.0 Å². The normalized spacial score (nSPS) is 21.5. The molecule has 1 fully saturated rings. The molecule has 1 aliphatic heterocycles. The van der Waals surface area contributed by atoms with Gasteiger partial charge in [-0.05, 0) is 38.4 Å². The van der Waals surface area contributed by atoms with Gasteiger partial charge in [-0.2, -0.15) is 0 Å². The highest BCUT2D eigenvalue weighted by molar-refractivity contribution is 5.76. The third-order valence-corrected chi connectivity index (χ3v) is 4.23. The van der Waals surface area contributed by atoms with Crippen LogP contribution in [0.2, 0.25) is 0 Å². The lowest BCUT2D eigenvalue weighted by molar-refractivity contribution is -0.143. The van der Waals surface area contributed by atoms with E-state index in [0.29, 0.717) is 6.54 Å².